The maximum atomic E-state index is 11.7. The van der Waals surface area contributed by atoms with Crippen LogP contribution in [0.1, 0.15) is 23.2 Å². The molecular formula is C12H16BrN3O. The molecule has 1 aromatic rings. The van der Waals surface area contributed by atoms with Gasteiger partial charge in [-0.2, -0.15) is 0 Å². The number of likely N-dealkylation sites (tertiary alicyclic amines) is 1. The monoisotopic (exact) mass is 297 g/mol. The molecule has 0 bridgehead atoms. The molecule has 4 nitrogen and oxygen atoms in total. The van der Waals surface area contributed by atoms with Crippen molar-refractivity contribution in [3.05, 3.63) is 28.5 Å². The van der Waals surface area contributed by atoms with Crippen molar-refractivity contribution in [1.29, 1.82) is 0 Å². The Balaban J connectivity index is 1.75. The van der Waals surface area contributed by atoms with Crippen molar-refractivity contribution in [1.82, 2.24) is 15.2 Å². The summed E-state index contributed by atoms with van der Waals surface area (Å²) in [6.45, 7) is 3.97. The average molecular weight is 298 g/mol. The van der Waals surface area contributed by atoms with Crippen LogP contribution in [0.15, 0.2) is 22.9 Å². The minimum absolute atomic E-state index is 0.0517. The molecule has 5 heteroatoms. The molecular weight excluding hydrogens is 282 g/mol. The third-order valence-electron chi connectivity index (χ3n) is 2.90. The number of nitrogens with one attached hydrogen (secondary N) is 1. The second-order valence-electron chi connectivity index (χ2n) is 4.17. The number of rotatable bonds is 4. The zero-order valence-corrected chi connectivity index (χ0v) is 11.2. The van der Waals surface area contributed by atoms with Crippen LogP contribution in [-0.2, 0) is 0 Å². The van der Waals surface area contributed by atoms with Crippen molar-refractivity contribution in [3.8, 4) is 0 Å². The molecule has 1 saturated heterocycles. The van der Waals surface area contributed by atoms with Gasteiger partial charge in [0, 0.05) is 19.3 Å². The molecule has 1 aliphatic rings. The van der Waals surface area contributed by atoms with E-state index in [1.807, 2.05) is 0 Å². The Bertz CT molecular complexity index is 374. The summed E-state index contributed by atoms with van der Waals surface area (Å²) in [5.74, 6) is -0.0517. The Morgan fingerprint density at radius 3 is 2.82 bits per heavy atom. The van der Waals surface area contributed by atoms with Gasteiger partial charge >= 0.3 is 0 Å². The third kappa shape index (κ3) is 3.78. The molecule has 92 valence electrons. The van der Waals surface area contributed by atoms with Gasteiger partial charge in [0.1, 0.15) is 4.60 Å². The van der Waals surface area contributed by atoms with E-state index in [1.165, 1.54) is 12.8 Å². The normalized spacial score (nSPS) is 16.1. The number of carbonyl (C=O) groups is 1. The van der Waals surface area contributed by atoms with E-state index in [-0.39, 0.29) is 5.91 Å². The number of hydrogen-bond donors (Lipinski definition) is 1. The number of pyridine rings is 1. The van der Waals surface area contributed by atoms with Gasteiger partial charge in [0.2, 0.25) is 0 Å². The van der Waals surface area contributed by atoms with Crippen molar-refractivity contribution in [3.63, 3.8) is 0 Å². The zero-order valence-electron chi connectivity index (χ0n) is 9.66. The second kappa shape index (κ2) is 6.12. The van der Waals surface area contributed by atoms with Crippen LogP contribution in [0.4, 0.5) is 0 Å². The molecule has 1 aromatic heterocycles. The average Bonchev–Trinajstić information content (AvgIpc) is 2.83. The molecule has 0 atom stereocenters. The fourth-order valence-electron chi connectivity index (χ4n) is 1.95. The zero-order chi connectivity index (χ0) is 12.1. The maximum absolute atomic E-state index is 11.7. The molecule has 0 unspecified atom stereocenters. The van der Waals surface area contributed by atoms with E-state index in [0.29, 0.717) is 12.1 Å². The molecule has 0 saturated carbocycles. The molecule has 1 N–H and O–H groups in total. The molecule has 2 rings (SSSR count). The van der Waals surface area contributed by atoms with E-state index in [4.69, 9.17) is 0 Å². The quantitative estimate of drug-likeness (QED) is 0.860. The van der Waals surface area contributed by atoms with Gasteiger partial charge in [0.15, 0.2) is 0 Å². The molecule has 0 aliphatic carbocycles. The van der Waals surface area contributed by atoms with Gasteiger partial charge in [0.05, 0.1) is 5.56 Å². The van der Waals surface area contributed by atoms with Gasteiger partial charge < -0.3 is 10.2 Å². The first-order valence-corrected chi connectivity index (χ1v) is 6.67. The van der Waals surface area contributed by atoms with Crippen molar-refractivity contribution in [2.75, 3.05) is 26.2 Å². The van der Waals surface area contributed by atoms with Crippen LogP contribution in [0.25, 0.3) is 0 Å². The summed E-state index contributed by atoms with van der Waals surface area (Å²) < 4.78 is 0.742. The Morgan fingerprint density at radius 2 is 2.18 bits per heavy atom. The Morgan fingerprint density at radius 1 is 1.41 bits per heavy atom. The first-order valence-electron chi connectivity index (χ1n) is 5.88. The lowest BCUT2D eigenvalue weighted by Crippen LogP contribution is -2.33. The number of hydrogen-bond acceptors (Lipinski definition) is 3. The number of aromatic nitrogens is 1. The lowest BCUT2D eigenvalue weighted by molar-refractivity contribution is 0.0949. The lowest BCUT2D eigenvalue weighted by Gasteiger charge is -2.14. The van der Waals surface area contributed by atoms with Crippen LogP contribution in [-0.4, -0.2) is 42.0 Å². The summed E-state index contributed by atoms with van der Waals surface area (Å²) in [6, 6.07) is 3.54. The van der Waals surface area contributed by atoms with E-state index in [2.05, 4.69) is 31.1 Å². The highest BCUT2D eigenvalue weighted by atomic mass is 79.9. The molecule has 1 fully saturated rings. The predicted molar refractivity (Wildman–Crippen MR) is 69.9 cm³/mol. The van der Waals surface area contributed by atoms with E-state index in [0.717, 1.165) is 24.2 Å². The number of halogens is 1. The highest BCUT2D eigenvalue weighted by Crippen LogP contribution is 2.07. The van der Waals surface area contributed by atoms with Crippen molar-refractivity contribution in [2.45, 2.75) is 12.8 Å². The summed E-state index contributed by atoms with van der Waals surface area (Å²) in [5.41, 5.74) is 0.606. The predicted octanol–water partition coefficient (Wildman–Crippen LogP) is 1.67. The SMILES string of the molecule is O=C(NCCN1CCCC1)c1ccc(Br)nc1. The number of carbonyl (C=O) groups excluding carboxylic acids is 1. The number of nitrogens with zero attached hydrogens (tertiary/aromatic N) is 2. The second-order valence-corrected chi connectivity index (χ2v) is 4.99. The molecule has 0 spiro atoms. The van der Waals surface area contributed by atoms with Gasteiger partial charge in [-0.25, -0.2) is 4.98 Å². The summed E-state index contributed by atoms with van der Waals surface area (Å²) in [7, 11) is 0. The minimum atomic E-state index is -0.0517. The molecule has 2 heterocycles. The van der Waals surface area contributed by atoms with Crippen molar-refractivity contribution >= 4 is 21.8 Å². The van der Waals surface area contributed by atoms with Crippen molar-refractivity contribution in [2.24, 2.45) is 0 Å². The van der Waals surface area contributed by atoms with Crippen LogP contribution in [0.2, 0.25) is 0 Å². The molecule has 17 heavy (non-hydrogen) atoms. The summed E-state index contributed by atoms with van der Waals surface area (Å²) >= 11 is 3.24. The summed E-state index contributed by atoms with van der Waals surface area (Å²) in [4.78, 5) is 18.2. The standard InChI is InChI=1S/C12H16BrN3O/c13-11-4-3-10(9-15-11)12(17)14-5-8-16-6-1-2-7-16/h3-4,9H,1-2,5-8H2,(H,14,17). The minimum Gasteiger partial charge on any atom is -0.351 e. The van der Waals surface area contributed by atoms with Gasteiger partial charge in [-0.1, -0.05) is 0 Å². The maximum Gasteiger partial charge on any atom is 0.252 e. The molecule has 1 amide bonds. The number of amides is 1. The molecule has 0 radical (unpaired) electrons. The lowest BCUT2D eigenvalue weighted by atomic mass is 10.3. The Labute approximate surface area is 110 Å². The Kier molecular flexibility index (Phi) is 4.50. The smallest absolute Gasteiger partial charge is 0.252 e. The first-order chi connectivity index (χ1) is 8.25. The fourth-order valence-corrected chi connectivity index (χ4v) is 2.18. The van der Waals surface area contributed by atoms with Crippen LogP contribution in [0.5, 0.6) is 0 Å². The van der Waals surface area contributed by atoms with E-state index >= 15 is 0 Å². The van der Waals surface area contributed by atoms with Gasteiger partial charge in [-0.3, -0.25) is 4.79 Å². The van der Waals surface area contributed by atoms with E-state index in [1.54, 1.807) is 18.3 Å². The van der Waals surface area contributed by atoms with Crippen molar-refractivity contribution < 1.29 is 4.79 Å². The van der Waals surface area contributed by atoms with Gasteiger partial charge in [-0.15, -0.1) is 0 Å². The third-order valence-corrected chi connectivity index (χ3v) is 3.37. The highest BCUT2D eigenvalue weighted by Gasteiger charge is 2.11. The largest absolute Gasteiger partial charge is 0.351 e. The summed E-state index contributed by atoms with van der Waals surface area (Å²) in [6.07, 6.45) is 4.14. The van der Waals surface area contributed by atoms with Gasteiger partial charge in [-0.05, 0) is 54.0 Å². The fraction of sp³-hybridized carbons (Fsp3) is 0.500. The Hall–Kier alpha value is -0.940. The highest BCUT2D eigenvalue weighted by molar-refractivity contribution is 9.10. The van der Waals surface area contributed by atoms with Crippen LogP contribution >= 0.6 is 15.9 Å². The van der Waals surface area contributed by atoms with Crippen LogP contribution in [0, 0.1) is 0 Å². The van der Waals surface area contributed by atoms with E-state index in [9.17, 15) is 4.79 Å². The first kappa shape index (κ1) is 12.5. The topological polar surface area (TPSA) is 45.2 Å². The summed E-state index contributed by atoms with van der Waals surface area (Å²) in [5, 5.41) is 2.91. The van der Waals surface area contributed by atoms with Gasteiger partial charge in [0.25, 0.3) is 5.91 Å². The molecule has 0 aromatic carbocycles. The van der Waals surface area contributed by atoms with Crippen LogP contribution in [0.3, 0.4) is 0 Å². The van der Waals surface area contributed by atoms with E-state index < -0.39 is 0 Å². The molecule has 1 aliphatic heterocycles. The van der Waals surface area contributed by atoms with Crippen LogP contribution < -0.4 is 5.32 Å².